The highest BCUT2D eigenvalue weighted by atomic mass is 16.5. The van der Waals surface area contributed by atoms with Gasteiger partial charge in [0, 0.05) is 23.9 Å². The summed E-state index contributed by atoms with van der Waals surface area (Å²) < 4.78 is 7.94. The zero-order chi connectivity index (χ0) is 20.4. The van der Waals surface area contributed by atoms with Crippen molar-refractivity contribution in [1.82, 2.24) is 14.4 Å². The summed E-state index contributed by atoms with van der Waals surface area (Å²) in [7, 11) is 0. The number of rotatable bonds is 5. The lowest BCUT2D eigenvalue weighted by Gasteiger charge is -2.24. The van der Waals surface area contributed by atoms with E-state index in [1.54, 1.807) is 18.3 Å². The third kappa shape index (κ3) is 3.82. The predicted molar refractivity (Wildman–Crippen MR) is 112 cm³/mol. The van der Waals surface area contributed by atoms with Crippen molar-refractivity contribution in [2.45, 2.75) is 19.4 Å². The minimum atomic E-state index is -0.410. The predicted octanol–water partition coefficient (Wildman–Crippen LogP) is 4.05. The lowest BCUT2D eigenvalue weighted by atomic mass is 10.1. The van der Waals surface area contributed by atoms with Crippen LogP contribution in [0.15, 0.2) is 67.1 Å². The first-order chi connectivity index (χ1) is 14.0. The van der Waals surface area contributed by atoms with Gasteiger partial charge in [0.1, 0.15) is 11.4 Å². The highest BCUT2D eigenvalue weighted by molar-refractivity contribution is 5.67. The quantitative estimate of drug-likeness (QED) is 0.561. The van der Waals surface area contributed by atoms with Crippen LogP contribution in [0.4, 0.5) is 0 Å². The molecule has 0 aliphatic rings. The summed E-state index contributed by atoms with van der Waals surface area (Å²) in [5.41, 5.74) is 10.5. The van der Waals surface area contributed by atoms with Crippen LogP contribution in [0.2, 0.25) is 0 Å². The lowest BCUT2D eigenvalue weighted by molar-refractivity contribution is 0.119. The van der Waals surface area contributed by atoms with E-state index in [0.29, 0.717) is 12.1 Å². The van der Waals surface area contributed by atoms with Crippen molar-refractivity contribution >= 4 is 5.65 Å². The van der Waals surface area contributed by atoms with Crippen molar-refractivity contribution in [3.8, 4) is 34.3 Å². The Kier molecular flexibility index (Phi) is 4.75. The summed E-state index contributed by atoms with van der Waals surface area (Å²) in [5, 5.41) is 8.98. The zero-order valence-corrected chi connectivity index (χ0v) is 16.3. The van der Waals surface area contributed by atoms with E-state index in [-0.39, 0.29) is 0 Å². The molecule has 4 rings (SSSR count). The normalized spacial score (nSPS) is 11.4. The second-order valence-electron chi connectivity index (χ2n) is 7.42. The molecule has 2 N–H and O–H groups in total. The van der Waals surface area contributed by atoms with Crippen LogP contribution in [-0.2, 0) is 0 Å². The standard InChI is InChI=1S/C23H21N5O/c1-23(2,15-25)29-19-9-7-18(8-10-19)21-12-27-22-13-26-20(14-28(21)22)17-5-3-16(11-24)4-6-17/h3-10,12-14H,15,25H2,1-2H3. The Labute approximate surface area is 169 Å². The fraction of sp³-hybridized carbons (Fsp3) is 0.174. The number of ether oxygens (including phenoxy) is 1. The molecule has 0 spiro atoms. The molecule has 6 nitrogen and oxygen atoms in total. The van der Waals surface area contributed by atoms with Gasteiger partial charge in [-0.15, -0.1) is 0 Å². The Morgan fingerprint density at radius 3 is 2.34 bits per heavy atom. The number of fused-ring (bicyclic) bond motifs is 1. The summed E-state index contributed by atoms with van der Waals surface area (Å²) in [4.78, 5) is 8.97. The van der Waals surface area contributed by atoms with Gasteiger partial charge in [-0.2, -0.15) is 5.26 Å². The topological polar surface area (TPSA) is 89.2 Å². The molecule has 6 heteroatoms. The summed E-state index contributed by atoms with van der Waals surface area (Å²) >= 11 is 0. The number of benzene rings is 2. The first kappa shape index (κ1) is 18.7. The Morgan fingerprint density at radius 1 is 1.00 bits per heavy atom. The fourth-order valence-electron chi connectivity index (χ4n) is 3.02. The molecular formula is C23H21N5O. The van der Waals surface area contributed by atoms with E-state index in [9.17, 15) is 0 Å². The molecule has 2 heterocycles. The SMILES string of the molecule is CC(C)(CN)Oc1ccc(-c2cnc3cnc(-c4ccc(C#N)cc4)cn23)cc1. The van der Waals surface area contributed by atoms with Crippen molar-refractivity contribution in [3.63, 3.8) is 0 Å². The van der Waals surface area contributed by atoms with Gasteiger partial charge >= 0.3 is 0 Å². The van der Waals surface area contributed by atoms with Gasteiger partial charge in [0.25, 0.3) is 0 Å². The molecule has 0 aliphatic carbocycles. The molecule has 2 aromatic carbocycles. The van der Waals surface area contributed by atoms with Crippen molar-refractivity contribution in [2.75, 3.05) is 6.54 Å². The minimum absolute atomic E-state index is 0.410. The van der Waals surface area contributed by atoms with Crippen LogP contribution < -0.4 is 10.5 Å². The number of nitrogens with two attached hydrogens (primary N) is 1. The Morgan fingerprint density at radius 2 is 1.69 bits per heavy atom. The maximum absolute atomic E-state index is 8.98. The maximum Gasteiger partial charge on any atom is 0.155 e. The van der Waals surface area contributed by atoms with E-state index in [0.717, 1.165) is 33.9 Å². The summed E-state index contributed by atoms with van der Waals surface area (Å²) in [6, 6.07) is 17.4. The third-order valence-corrected chi connectivity index (χ3v) is 4.74. The Bertz CT molecular complexity index is 1180. The van der Waals surface area contributed by atoms with E-state index in [2.05, 4.69) is 16.0 Å². The molecule has 29 heavy (non-hydrogen) atoms. The van der Waals surface area contributed by atoms with Crippen LogP contribution in [0.5, 0.6) is 5.75 Å². The second kappa shape index (κ2) is 7.38. The van der Waals surface area contributed by atoms with Gasteiger partial charge in [0.05, 0.1) is 35.4 Å². The van der Waals surface area contributed by atoms with Gasteiger partial charge in [-0.25, -0.2) is 4.98 Å². The fourth-order valence-corrected chi connectivity index (χ4v) is 3.02. The summed E-state index contributed by atoms with van der Waals surface area (Å²) in [6.07, 6.45) is 5.54. The molecule has 0 atom stereocenters. The summed E-state index contributed by atoms with van der Waals surface area (Å²) in [6.45, 7) is 4.36. The third-order valence-electron chi connectivity index (χ3n) is 4.74. The molecule has 0 unspecified atom stereocenters. The molecular weight excluding hydrogens is 362 g/mol. The minimum Gasteiger partial charge on any atom is -0.487 e. The van der Waals surface area contributed by atoms with E-state index in [4.69, 9.17) is 15.7 Å². The largest absolute Gasteiger partial charge is 0.487 e. The number of hydrogen-bond acceptors (Lipinski definition) is 5. The number of hydrogen-bond donors (Lipinski definition) is 1. The van der Waals surface area contributed by atoms with E-state index >= 15 is 0 Å². The van der Waals surface area contributed by atoms with E-state index < -0.39 is 5.60 Å². The Balaban J connectivity index is 1.68. The van der Waals surface area contributed by atoms with Crippen LogP contribution in [0.25, 0.3) is 28.2 Å². The van der Waals surface area contributed by atoms with Crippen LogP contribution >= 0.6 is 0 Å². The van der Waals surface area contributed by atoms with E-state index in [1.165, 1.54) is 0 Å². The average molecular weight is 383 g/mol. The molecule has 0 aliphatic heterocycles. The van der Waals surface area contributed by atoms with Crippen LogP contribution in [0.1, 0.15) is 19.4 Å². The molecule has 0 saturated carbocycles. The monoisotopic (exact) mass is 383 g/mol. The first-order valence-electron chi connectivity index (χ1n) is 9.32. The lowest BCUT2D eigenvalue weighted by Crippen LogP contribution is -2.37. The van der Waals surface area contributed by atoms with Crippen molar-refractivity contribution in [2.24, 2.45) is 5.73 Å². The first-order valence-corrected chi connectivity index (χ1v) is 9.32. The number of aromatic nitrogens is 3. The smallest absolute Gasteiger partial charge is 0.155 e. The number of nitrogens with zero attached hydrogens (tertiary/aromatic N) is 4. The van der Waals surface area contributed by atoms with Crippen molar-refractivity contribution < 1.29 is 4.74 Å². The second-order valence-corrected chi connectivity index (χ2v) is 7.42. The average Bonchev–Trinajstić information content (AvgIpc) is 3.17. The summed E-state index contributed by atoms with van der Waals surface area (Å²) in [5.74, 6) is 0.776. The van der Waals surface area contributed by atoms with Crippen LogP contribution in [0.3, 0.4) is 0 Å². The van der Waals surface area contributed by atoms with Gasteiger partial charge in [0.2, 0.25) is 0 Å². The van der Waals surface area contributed by atoms with Gasteiger partial charge in [-0.1, -0.05) is 12.1 Å². The van der Waals surface area contributed by atoms with Gasteiger partial charge in [0.15, 0.2) is 5.65 Å². The Hall–Kier alpha value is -3.69. The zero-order valence-electron chi connectivity index (χ0n) is 16.3. The molecule has 0 radical (unpaired) electrons. The van der Waals surface area contributed by atoms with E-state index in [1.807, 2.05) is 67.0 Å². The molecule has 144 valence electrons. The highest BCUT2D eigenvalue weighted by Gasteiger charge is 2.17. The number of imidazole rings is 1. The molecule has 0 bridgehead atoms. The number of nitriles is 1. The van der Waals surface area contributed by atoms with Gasteiger partial charge < -0.3 is 10.5 Å². The highest BCUT2D eigenvalue weighted by Crippen LogP contribution is 2.26. The molecule has 0 amide bonds. The molecule has 4 aromatic rings. The van der Waals surface area contributed by atoms with Crippen LogP contribution in [0, 0.1) is 11.3 Å². The van der Waals surface area contributed by atoms with Gasteiger partial charge in [-0.3, -0.25) is 9.38 Å². The molecule has 0 fully saturated rings. The van der Waals surface area contributed by atoms with Crippen molar-refractivity contribution in [1.29, 1.82) is 5.26 Å². The molecule has 0 saturated heterocycles. The van der Waals surface area contributed by atoms with Crippen molar-refractivity contribution in [3.05, 3.63) is 72.7 Å². The van der Waals surface area contributed by atoms with Gasteiger partial charge in [-0.05, 0) is 50.2 Å². The maximum atomic E-state index is 8.98. The molecule has 2 aromatic heterocycles. The van der Waals surface area contributed by atoms with Crippen LogP contribution in [-0.4, -0.2) is 26.5 Å².